The Labute approximate surface area is 230 Å². The molecule has 0 saturated heterocycles. The molecule has 0 unspecified atom stereocenters. The molecular formula is C30H28N2O8. The number of allylic oxidation sites excluding steroid dienone is 1. The first kappa shape index (κ1) is 27.0. The first-order chi connectivity index (χ1) is 18.9. The minimum atomic E-state index is -2.68. The number of carbonyl (C=O) groups excluding carboxylic acids is 3. The number of rotatable bonds is 3. The topological polar surface area (TPSA) is 171 Å². The third kappa shape index (κ3) is 3.86. The van der Waals surface area contributed by atoms with Crippen molar-refractivity contribution in [1.82, 2.24) is 4.90 Å². The number of methoxy groups -OCH3 is 1. The summed E-state index contributed by atoms with van der Waals surface area (Å²) in [6, 6.07) is 9.01. The number of nitrogens with two attached hydrogens (primary N) is 1. The van der Waals surface area contributed by atoms with Gasteiger partial charge >= 0.3 is 0 Å². The fourth-order valence-corrected chi connectivity index (χ4v) is 6.21. The predicted molar refractivity (Wildman–Crippen MR) is 143 cm³/mol. The van der Waals surface area contributed by atoms with Crippen LogP contribution >= 0.6 is 0 Å². The number of phenols is 1. The van der Waals surface area contributed by atoms with Gasteiger partial charge in [0.25, 0.3) is 5.91 Å². The molecule has 3 aliphatic rings. The summed E-state index contributed by atoms with van der Waals surface area (Å²) in [7, 11) is 4.71. The van der Waals surface area contributed by atoms with Gasteiger partial charge in [-0.25, -0.2) is 0 Å². The largest absolute Gasteiger partial charge is 0.510 e. The molecule has 0 bridgehead atoms. The number of ketones is 2. The minimum absolute atomic E-state index is 0.00414. The van der Waals surface area contributed by atoms with Crippen molar-refractivity contribution >= 4 is 17.5 Å². The Morgan fingerprint density at radius 3 is 2.50 bits per heavy atom. The van der Waals surface area contributed by atoms with Gasteiger partial charge in [-0.3, -0.25) is 19.3 Å². The summed E-state index contributed by atoms with van der Waals surface area (Å²) < 4.78 is 5.24. The van der Waals surface area contributed by atoms with Crippen LogP contribution < -0.4 is 10.5 Å². The summed E-state index contributed by atoms with van der Waals surface area (Å²) in [5.74, 6) is -0.188. The standard InChI is InChI=1S/C30H28N2O8/c1-32(2)24-19-13-16-12-18-15(8-7-14-5-4-6-17(11-14)40-3)9-10-20(33)22(18)25(34)21(16)27(36)30(19,39)28(37)23(26(24)35)29(31)38/h4-6,9-11,16,19,24,33,35-36,39H,12-13H2,1-3H3,(H2,31,38)/t16-,19-,24-,30+/m1/s1. The lowest BCUT2D eigenvalue weighted by atomic mass is 9.58. The van der Waals surface area contributed by atoms with Gasteiger partial charge in [0.05, 0.1) is 18.7 Å². The number of primary amides is 1. The number of aromatic hydroxyl groups is 1. The van der Waals surface area contributed by atoms with Crippen molar-refractivity contribution in [2.75, 3.05) is 21.2 Å². The van der Waals surface area contributed by atoms with Crippen molar-refractivity contribution in [2.45, 2.75) is 24.5 Å². The average molecular weight is 545 g/mol. The van der Waals surface area contributed by atoms with Crippen molar-refractivity contribution in [1.29, 1.82) is 0 Å². The van der Waals surface area contributed by atoms with Gasteiger partial charge in [-0.15, -0.1) is 0 Å². The van der Waals surface area contributed by atoms with Crippen LogP contribution in [-0.2, 0) is 16.0 Å². The highest BCUT2D eigenvalue weighted by molar-refractivity contribution is 6.24. The van der Waals surface area contributed by atoms with Gasteiger partial charge < -0.3 is 30.9 Å². The van der Waals surface area contributed by atoms with E-state index < -0.39 is 58.0 Å². The lowest BCUT2D eigenvalue weighted by Gasteiger charge is -2.50. The lowest BCUT2D eigenvalue weighted by Crippen LogP contribution is -2.63. The van der Waals surface area contributed by atoms with Crippen LogP contribution in [0.1, 0.15) is 33.5 Å². The number of hydrogen-bond donors (Lipinski definition) is 5. The van der Waals surface area contributed by atoms with Gasteiger partial charge in [-0.1, -0.05) is 17.9 Å². The molecule has 206 valence electrons. The number of benzene rings is 2. The fraction of sp³-hybridized carbons (Fsp3) is 0.300. The number of likely N-dealkylation sites (N-methyl/N-ethyl adjacent to an activating group) is 1. The highest BCUT2D eigenvalue weighted by Gasteiger charge is 2.63. The zero-order valence-corrected chi connectivity index (χ0v) is 22.1. The van der Waals surface area contributed by atoms with Crippen LogP contribution in [0.25, 0.3) is 0 Å². The first-order valence-electron chi connectivity index (χ1n) is 12.6. The zero-order valence-electron chi connectivity index (χ0n) is 22.1. The molecule has 0 aliphatic heterocycles. The molecule has 10 heteroatoms. The molecule has 0 heterocycles. The third-order valence-corrected chi connectivity index (χ3v) is 8.02. The van der Waals surface area contributed by atoms with Crippen molar-refractivity contribution < 1.29 is 39.5 Å². The Balaban J connectivity index is 1.66. The Morgan fingerprint density at radius 2 is 1.85 bits per heavy atom. The second-order valence-electron chi connectivity index (χ2n) is 10.4. The number of nitrogens with zero attached hydrogens (tertiary/aromatic N) is 1. The summed E-state index contributed by atoms with van der Waals surface area (Å²) in [6.07, 6.45) is 0.162. The molecule has 4 atom stereocenters. The van der Waals surface area contributed by atoms with Gasteiger partial charge in [0.15, 0.2) is 11.4 Å². The molecule has 1 amide bonds. The first-order valence-corrected chi connectivity index (χ1v) is 12.6. The van der Waals surface area contributed by atoms with E-state index in [0.29, 0.717) is 22.4 Å². The van der Waals surface area contributed by atoms with Crippen LogP contribution in [0.3, 0.4) is 0 Å². The molecular weight excluding hydrogens is 516 g/mol. The van der Waals surface area contributed by atoms with Crippen molar-refractivity contribution in [2.24, 2.45) is 17.6 Å². The molecule has 5 rings (SSSR count). The SMILES string of the molecule is COc1cccc(C#Cc2ccc(O)c3c2C[C@@H]2C[C@@H]4[C@@H](N(C)C)C(O)=C(C(N)=O)C(=O)[C@@]4(O)C(O)=C2C3=O)c1. The highest BCUT2D eigenvalue weighted by Crippen LogP contribution is 2.52. The molecule has 10 nitrogen and oxygen atoms in total. The second kappa shape index (κ2) is 9.55. The zero-order chi connectivity index (χ0) is 29.1. The maximum atomic E-state index is 13.8. The number of carbonyl (C=O) groups is 3. The van der Waals surface area contributed by atoms with E-state index in [0.717, 1.165) is 0 Å². The number of aliphatic hydroxyl groups excluding tert-OH is 2. The quantitative estimate of drug-likeness (QED) is 0.284. The molecule has 0 saturated carbocycles. The van der Waals surface area contributed by atoms with Gasteiger partial charge in [0, 0.05) is 22.6 Å². The van der Waals surface area contributed by atoms with Crippen LogP contribution in [0.2, 0.25) is 0 Å². The van der Waals surface area contributed by atoms with Gasteiger partial charge in [0.2, 0.25) is 5.78 Å². The maximum Gasteiger partial charge on any atom is 0.255 e. The maximum absolute atomic E-state index is 13.8. The molecule has 2 aromatic rings. The predicted octanol–water partition coefficient (Wildman–Crippen LogP) is 1.53. The van der Waals surface area contributed by atoms with E-state index in [1.165, 1.54) is 11.0 Å². The van der Waals surface area contributed by atoms with E-state index in [2.05, 4.69) is 11.8 Å². The summed E-state index contributed by atoms with van der Waals surface area (Å²) >= 11 is 0. The van der Waals surface area contributed by atoms with Crippen molar-refractivity contribution in [3.63, 3.8) is 0 Å². The molecule has 6 N–H and O–H groups in total. The molecule has 0 radical (unpaired) electrons. The molecule has 3 aliphatic carbocycles. The molecule has 2 aromatic carbocycles. The van der Waals surface area contributed by atoms with E-state index in [4.69, 9.17) is 10.5 Å². The van der Waals surface area contributed by atoms with E-state index >= 15 is 0 Å². The molecule has 0 spiro atoms. The van der Waals surface area contributed by atoms with Crippen LogP contribution in [0.15, 0.2) is 59.1 Å². The lowest BCUT2D eigenvalue weighted by molar-refractivity contribution is -0.148. The molecule has 0 aromatic heterocycles. The van der Waals surface area contributed by atoms with E-state index in [1.807, 2.05) is 0 Å². The Bertz CT molecular complexity index is 1610. The number of fused-ring (bicyclic) bond motifs is 3. The summed E-state index contributed by atoms with van der Waals surface area (Å²) in [5, 5.41) is 44.6. The van der Waals surface area contributed by atoms with Gasteiger partial charge in [-0.05, 0) is 68.8 Å². The summed E-state index contributed by atoms with van der Waals surface area (Å²) in [5.41, 5.74) is 3.17. The summed E-state index contributed by atoms with van der Waals surface area (Å²) in [6.45, 7) is 0. The number of phenolic OH excluding ortho intramolecular Hbond substituents is 1. The van der Waals surface area contributed by atoms with Crippen LogP contribution in [-0.4, -0.2) is 75.6 Å². The van der Waals surface area contributed by atoms with E-state index in [9.17, 15) is 34.8 Å². The normalized spacial score (nSPS) is 25.6. The highest BCUT2D eigenvalue weighted by atomic mass is 16.5. The molecule has 0 fully saturated rings. The van der Waals surface area contributed by atoms with Gasteiger partial charge in [-0.2, -0.15) is 0 Å². The summed E-state index contributed by atoms with van der Waals surface area (Å²) in [4.78, 5) is 40.7. The minimum Gasteiger partial charge on any atom is -0.510 e. The number of amides is 1. The van der Waals surface area contributed by atoms with Crippen LogP contribution in [0.5, 0.6) is 11.5 Å². The van der Waals surface area contributed by atoms with Gasteiger partial charge in [0.1, 0.15) is 28.6 Å². The Hall–Kier alpha value is -4.59. The Kier molecular flexibility index (Phi) is 6.45. The Morgan fingerprint density at radius 1 is 1.12 bits per heavy atom. The van der Waals surface area contributed by atoms with Crippen molar-refractivity contribution in [3.8, 4) is 23.3 Å². The van der Waals surface area contributed by atoms with Crippen LogP contribution in [0, 0.1) is 23.7 Å². The third-order valence-electron chi connectivity index (χ3n) is 8.02. The molecule has 40 heavy (non-hydrogen) atoms. The average Bonchev–Trinajstić information content (AvgIpc) is 2.90. The fourth-order valence-electron chi connectivity index (χ4n) is 6.21. The second-order valence-corrected chi connectivity index (χ2v) is 10.4. The van der Waals surface area contributed by atoms with Crippen LogP contribution in [0.4, 0.5) is 0 Å². The number of Topliss-reactive ketones (excluding diaryl/α,β-unsaturated/α-hetero) is 2. The number of ether oxygens (including phenoxy) is 1. The monoisotopic (exact) mass is 544 g/mol. The smallest absolute Gasteiger partial charge is 0.255 e. The van der Waals surface area contributed by atoms with Crippen molar-refractivity contribution in [3.05, 3.63) is 81.3 Å². The number of hydrogen-bond acceptors (Lipinski definition) is 9. The van der Waals surface area contributed by atoms with E-state index in [-0.39, 0.29) is 29.7 Å². The number of aliphatic hydroxyl groups is 3. The van der Waals surface area contributed by atoms with E-state index in [1.54, 1.807) is 51.5 Å².